The molecule has 2 heteroatoms. The molecule has 0 atom stereocenters. The maximum Gasteiger partial charge on any atom is 0.0936 e. The second-order valence-electron chi connectivity index (χ2n) is 4.67. The van der Waals surface area contributed by atoms with E-state index in [0.29, 0.717) is 0 Å². The summed E-state index contributed by atoms with van der Waals surface area (Å²) in [4.78, 5) is 0. The lowest BCUT2D eigenvalue weighted by molar-refractivity contribution is 0.988. The third kappa shape index (κ3) is 1.15. The van der Waals surface area contributed by atoms with Crippen LogP contribution in [0.15, 0.2) is 54.7 Å². The number of hydrogen-bond donors (Lipinski definition) is 0. The van der Waals surface area contributed by atoms with Crippen LogP contribution < -0.4 is 0 Å². The minimum Gasteiger partial charge on any atom is -0.239 e. The van der Waals surface area contributed by atoms with Gasteiger partial charge in [-0.25, -0.2) is 4.52 Å². The molecule has 86 valence electrons. The van der Waals surface area contributed by atoms with Crippen molar-refractivity contribution in [3.63, 3.8) is 0 Å². The first-order chi connectivity index (χ1) is 8.84. The highest BCUT2D eigenvalue weighted by Gasteiger charge is 2.09. The normalized spacial score (nSPS) is 11.6. The average Bonchev–Trinajstić information content (AvgIpc) is 2.79. The largest absolute Gasteiger partial charge is 0.239 e. The number of rotatable bonds is 0. The van der Waals surface area contributed by atoms with Gasteiger partial charge in [-0.15, -0.1) is 0 Å². The van der Waals surface area contributed by atoms with Crippen molar-refractivity contribution >= 4 is 27.2 Å². The van der Waals surface area contributed by atoms with Crippen molar-refractivity contribution in [1.82, 2.24) is 9.61 Å². The molecule has 2 aromatic carbocycles. The lowest BCUT2D eigenvalue weighted by Gasteiger charge is -2.01. The summed E-state index contributed by atoms with van der Waals surface area (Å²) in [7, 11) is 0. The molecular formula is C16H12N2. The van der Waals surface area contributed by atoms with E-state index in [1.54, 1.807) is 0 Å². The molecule has 0 saturated heterocycles. The Morgan fingerprint density at radius 2 is 1.83 bits per heavy atom. The number of benzene rings is 2. The Balaban J connectivity index is 2.40. The van der Waals surface area contributed by atoms with Crippen molar-refractivity contribution in [2.75, 3.05) is 0 Å². The summed E-state index contributed by atoms with van der Waals surface area (Å²) in [5.41, 5.74) is 3.55. The number of aromatic nitrogens is 2. The van der Waals surface area contributed by atoms with Gasteiger partial charge in [-0.05, 0) is 30.0 Å². The van der Waals surface area contributed by atoms with Gasteiger partial charge in [-0.3, -0.25) is 0 Å². The van der Waals surface area contributed by atoms with Crippen molar-refractivity contribution in [2.45, 2.75) is 6.92 Å². The molecule has 0 unspecified atom stereocenters. The molecule has 0 saturated carbocycles. The van der Waals surface area contributed by atoms with Gasteiger partial charge in [0.25, 0.3) is 0 Å². The van der Waals surface area contributed by atoms with Gasteiger partial charge in [-0.1, -0.05) is 36.4 Å². The van der Waals surface area contributed by atoms with Gasteiger partial charge < -0.3 is 0 Å². The van der Waals surface area contributed by atoms with Crippen LogP contribution in [0.5, 0.6) is 0 Å². The minimum absolute atomic E-state index is 1.06. The first kappa shape index (κ1) is 9.66. The quantitative estimate of drug-likeness (QED) is 0.448. The fourth-order valence-electron chi connectivity index (χ4n) is 2.70. The maximum atomic E-state index is 4.64. The lowest BCUT2D eigenvalue weighted by atomic mass is 10.1. The van der Waals surface area contributed by atoms with Crippen molar-refractivity contribution in [2.24, 2.45) is 0 Å². The van der Waals surface area contributed by atoms with Crippen molar-refractivity contribution < 1.29 is 0 Å². The third-order valence-corrected chi connectivity index (χ3v) is 3.54. The zero-order valence-electron chi connectivity index (χ0n) is 10.1. The highest BCUT2D eigenvalue weighted by Crippen LogP contribution is 2.28. The standard InChI is InChI=1S/C16H12N2/c1-11-5-4-8-14-15(11)16-13-7-3-2-6-12(13)9-10-18(16)17-14/h2-10H,1H3. The van der Waals surface area contributed by atoms with Crippen LogP contribution in [0.1, 0.15) is 5.56 Å². The van der Waals surface area contributed by atoms with Gasteiger partial charge in [0.05, 0.1) is 11.0 Å². The Labute approximate surface area is 104 Å². The fraction of sp³-hybridized carbons (Fsp3) is 0.0625. The Morgan fingerprint density at radius 1 is 0.944 bits per heavy atom. The first-order valence-corrected chi connectivity index (χ1v) is 6.10. The Kier molecular flexibility index (Phi) is 1.78. The van der Waals surface area contributed by atoms with E-state index in [1.165, 1.54) is 27.2 Å². The van der Waals surface area contributed by atoms with E-state index in [9.17, 15) is 0 Å². The van der Waals surface area contributed by atoms with E-state index in [1.807, 2.05) is 10.7 Å². The molecule has 0 fully saturated rings. The van der Waals surface area contributed by atoms with Gasteiger partial charge in [0.1, 0.15) is 0 Å². The number of pyridine rings is 1. The van der Waals surface area contributed by atoms with Crippen LogP contribution in [0.2, 0.25) is 0 Å². The van der Waals surface area contributed by atoms with Gasteiger partial charge in [0, 0.05) is 17.0 Å². The second kappa shape index (κ2) is 3.33. The van der Waals surface area contributed by atoms with Crippen LogP contribution >= 0.6 is 0 Å². The van der Waals surface area contributed by atoms with E-state index in [2.05, 4.69) is 60.6 Å². The number of nitrogens with zero attached hydrogens (tertiary/aromatic N) is 2. The van der Waals surface area contributed by atoms with Crippen LogP contribution in [0, 0.1) is 6.92 Å². The van der Waals surface area contributed by atoms with Gasteiger partial charge in [0.15, 0.2) is 0 Å². The van der Waals surface area contributed by atoms with E-state index in [4.69, 9.17) is 0 Å². The van der Waals surface area contributed by atoms with Crippen molar-refractivity contribution in [1.29, 1.82) is 0 Å². The zero-order chi connectivity index (χ0) is 12.1. The predicted molar refractivity (Wildman–Crippen MR) is 74.9 cm³/mol. The van der Waals surface area contributed by atoms with Crippen LogP contribution in [0.3, 0.4) is 0 Å². The van der Waals surface area contributed by atoms with Crippen LogP contribution in [0.4, 0.5) is 0 Å². The van der Waals surface area contributed by atoms with Gasteiger partial charge in [-0.2, -0.15) is 5.10 Å². The highest BCUT2D eigenvalue weighted by atomic mass is 15.2. The summed E-state index contributed by atoms with van der Waals surface area (Å²) in [5.74, 6) is 0. The number of hydrogen-bond acceptors (Lipinski definition) is 1. The molecule has 4 aromatic rings. The number of fused-ring (bicyclic) bond motifs is 5. The van der Waals surface area contributed by atoms with Crippen molar-refractivity contribution in [3.05, 3.63) is 60.3 Å². The number of aryl methyl sites for hydroxylation is 1. The molecule has 18 heavy (non-hydrogen) atoms. The predicted octanol–water partition coefficient (Wildman–Crippen LogP) is 3.95. The average molecular weight is 232 g/mol. The zero-order valence-corrected chi connectivity index (χ0v) is 10.1. The van der Waals surface area contributed by atoms with Crippen LogP contribution in [-0.2, 0) is 0 Å². The Bertz CT molecular complexity index is 887. The summed E-state index contributed by atoms with van der Waals surface area (Å²) < 4.78 is 1.99. The molecular weight excluding hydrogens is 220 g/mol. The highest BCUT2D eigenvalue weighted by molar-refractivity contribution is 6.10. The molecule has 0 amide bonds. The lowest BCUT2D eigenvalue weighted by Crippen LogP contribution is -1.86. The monoisotopic (exact) mass is 232 g/mol. The smallest absolute Gasteiger partial charge is 0.0936 e. The van der Waals surface area contributed by atoms with Crippen molar-refractivity contribution in [3.8, 4) is 0 Å². The first-order valence-electron chi connectivity index (χ1n) is 6.10. The van der Waals surface area contributed by atoms with Crippen LogP contribution in [0.25, 0.3) is 27.2 Å². The topological polar surface area (TPSA) is 17.3 Å². The second-order valence-corrected chi connectivity index (χ2v) is 4.67. The molecule has 2 heterocycles. The van der Waals surface area contributed by atoms with E-state index >= 15 is 0 Å². The Morgan fingerprint density at radius 3 is 2.78 bits per heavy atom. The molecule has 0 spiro atoms. The summed E-state index contributed by atoms with van der Waals surface area (Å²) in [6.07, 6.45) is 2.04. The SMILES string of the molecule is Cc1cccc2nn3ccc4ccccc4c3c12. The molecule has 0 aliphatic carbocycles. The van der Waals surface area contributed by atoms with E-state index in [-0.39, 0.29) is 0 Å². The molecule has 2 aromatic heterocycles. The summed E-state index contributed by atoms with van der Waals surface area (Å²) in [6.45, 7) is 2.14. The molecule has 0 aliphatic heterocycles. The summed E-state index contributed by atoms with van der Waals surface area (Å²) in [5, 5.41) is 8.42. The Hall–Kier alpha value is -2.35. The van der Waals surface area contributed by atoms with Crippen LogP contribution in [-0.4, -0.2) is 9.61 Å². The molecule has 0 N–H and O–H groups in total. The van der Waals surface area contributed by atoms with E-state index < -0.39 is 0 Å². The molecule has 4 rings (SSSR count). The molecule has 0 bridgehead atoms. The molecule has 0 radical (unpaired) electrons. The summed E-state index contributed by atoms with van der Waals surface area (Å²) >= 11 is 0. The minimum atomic E-state index is 1.06. The fourth-order valence-corrected chi connectivity index (χ4v) is 2.70. The molecule has 0 aliphatic rings. The van der Waals surface area contributed by atoms with Gasteiger partial charge in [0.2, 0.25) is 0 Å². The third-order valence-electron chi connectivity index (χ3n) is 3.54. The van der Waals surface area contributed by atoms with Gasteiger partial charge >= 0.3 is 0 Å². The summed E-state index contributed by atoms with van der Waals surface area (Å²) in [6, 6.07) is 16.9. The molecule has 2 nitrogen and oxygen atoms in total. The maximum absolute atomic E-state index is 4.64. The van der Waals surface area contributed by atoms with E-state index in [0.717, 1.165) is 5.52 Å².